The summed E-state index contributed by atoms with van der Waals surface area (Å²) in [7, 11) is -3.58. The average Bonchev–Trinajstić information content (AvgIpc) is 2.95. The molecule has 8 heteroatoms. The van der Waals surface area contributed by atoms with Crippen molar-refractivity contribution in [2.75, 3.05) is 38.0 Å². The van der Waals surface area contributed by atoms with Gasteiger partial charge >= 0.3 is 0 Å². The van der Waals surface area contributed by atoms with Crippen molar-refractivity contribution in [3.05, 3.63) is 23.2 Å². The summed E-state index contributed by atoms with van der Waals surface area (Å²) < 4.78 is 27.5. The van der Waals surface area contributed by atoms with E-state index in [-0.39, 0.29) is 10.8 Å². The third-order valence-electron chi connectivity index (χ3n) is 5.66. The van der Waals surface area contributed by atoms with Gasteiger partial charge in [0, 0.05) is 13.1 Å². The molecule has 2 aliphatic heterocycles. The Bertz CT molecular complexity index is 784. The van der Waals surface area contributed by atoms with Gasteiger partial charge in [0.1, 0.15) is 0 Å². The van der Waals surface area contributed by atoms with Gasteiger partial charge in [0.05, 0.1) is 22.2 Å². The van der Waals surface area contributed by atoms with Crippen molar-refractivity contribution in [1.29, 1.82) is 0 Å². The number of sulfonamides is 1. The first-order valence-electron chi connectivity index (χ1n) is 10.2. The number of anilines is 1. The zero-order chi connectivity index (χ0) is 20.1. The van der Waals surface area contributed by atoms with E-state index in [1.54, 1.807) is 10.4 Å². The third-order valence-corrected chi connectivity index (χ3v) is 7.88. The Morgan fingerprint density at radius 1 is 1.11 bits per heavy atom. The molecule has 1 N–H and O–H groups in total. The molecule has 0 unspecified atom stereocenters. The van der Waals surface area contributed by atoms with E-state index in [9.17, 15) is 13.2 Å². The molecule has 0 spiro atoms. The lowest BCUT2D eigenvalue weighted by atomic mass is 9.99. The second-order valence-corrected chi connectivity index (χ2v) is 10.3. The van der Waals surface area contributed by atoms with Gasteiger partial charge in [-0.05, 0) is 62.9 Å². The van der Waals surface area contributed by atoms with Gasteiger partial charge in [-0.15, -0.1) is 0 Å². The molecule has 0 atom stereocenters. The van der Waals surface area contributed by atoms with Gasteiger partial charge in [-0.1, -0.05) is 31.4 Å². The first-order chi connectivity index (χ1) is 13.4. The van der Waals surface area contributed by atoms with Crippen molar-refractivity contribution >= 4 is 33.2 Å². The predicted molar refractivity (Wildman–Crippen MR) is 112 cm³/mol. The summed E-state index contributed by atoms with van der Waals surface area (Å²) in [5.74, 6) is 0.537. The van der Waals surface area contributed by atoms with Crippen LogP contribution in [0.2, 0.25) is 5.02 Å². The van der Waals surface area contributed by atoms with Crippen LogP contribution in [0.4, 0.5) is 5.69 Å². The summed E-state index contributed by atoms with van der Waals surface area (Å²) in [6, 6.07) is 4.55. The van der Waals surface area contributed by atoms with E-state index in [1.807, 2.05) is 0 Å². The van der Waals surface area contributed by atoms with Crippen molar-refractivity contribution in [3.63, 3.8) is 0 Å². The quantitative estimate of drug-likeness (QED) is 0.779. The molecule has 1 aromatic carbocycles. The lowest BCUT2D eigenvalue weighted by Gasteiger charge is -2.29. The van der Waals surface area contributed by atoms with Crippen LogP contribution < -0.4 is 5.32 Å². The van der Waals surface area contributed by atoms with Gasteiger partial charge < -0.3 is 5.32 Å². The largest absolute Gasteiger partial charge is 0.324 e. The number of piperidine rings is 1. The first-order valence-corrected chi connectivity index (χ1v) is 12.0. The SMILES string of the molecule is CC1CCN(CC(=O)Nc2cc(S(=O)(=O)N3CCCCCC3)ccc2Cl)CC1. The van der Waals surface area contributed by atoms with E-state index in [1.165, 1.54) is 12.1 Å². The Labute approximate surface area is 173 Å². The molecule has 6 nitrogen and oxygen atoms in total. The fraction of sp³-hybridized carbons (Fsp3) is 0.650. The first kappa shape index (κ1) is 21.6. The number of rotatable bonds is 5. The van der Waals surface area contributed by atoms with Gasteiger partial charge in [0.15, 0.2) is 0 Å². The van der Waals surface area contributed by atoms with Crippen LogP contribution in [0.1, 0.15) is 45.4 Å². The topological polar surface area (TPSA) is 69.7 Å². The van der Waals surface area contributed by atoms with Gasteiger partial charge in [-0.25, -0.2) is 8.42 Å². The summed E-state index contributed by atoms with van der Waals surface area (Å²) in [6.45, 7) is 5.43. The molecule has 0 aromatic heterocycles. The van der Waals surface area contributed by atoms with Crippen molar-refractivity contribution in [2.45, 2.75) is 50.3 Å². The number of benzene rings is 1. The van der Waals surface area contributed by atoms with Crippen molar-refractivity contribution in [3.8, 4) is 0 Å². The summed E-state index contributed by atoms with van der Waals surface area (Å²) >= 11 is 6.23. The molecule has 1 aromatic rings. The molecular weight excluding hydrogens is 398 g/mol. The number of hydrogen-bond acceptors (Lipinski definition) is 4. The number of halogens is 1. The van der Waals surface area contributed by atoms with Crippen LogP contribution in [-0.2, 0) is 14.8 Å². The Hall–Kier alpha value is -1.15. The van der Waals surface area contributed by atoms with Crippen LogP contribution in [0.15, 0.2) is 23.1 Å². The standard InChI is InChI=1S/C20H30ClN3O3S/c1-16-8-12-23(13-9-16)15-20(25)22-19-14-17(6-7-18(19)21)28(26,27)24-10-4-2-3-5-11-24/h6-7,14,16H,2-5,8-13,15H2,1H3,(H,22,25). The molecule has 28 heavy (non-hydrogen) atoms. The second kappa shape index (κ2) is 9.57. The number of hydrogen-bond donors (Lipinski definition) is 1. The number of nitrogens with one attached hydrogen (secondary N) is 1. The van der Waals surface area contributed by atoms with Gasteiger partial charge in [0.25, 0.3) is 0 Å². The molecule has 0 aliphatic carbocycles. The average molecular weight is 428 g/mol. The van der Waals surface area contributed by atoms with Gasteiger partial charge in [0.2, 0.25) is 15.9 Å². The van der Waals surface area contributed by atoms with E-state index in [4.69, 9.17) is 11.6 Å². The maximum absolute atomic E-state index is 13.0. The molecule has 156 valence electrons. The summed E-state index contributed by atoms with van der Waals surface area (Å²) in [6.07, 6.45) is 6.07. The van der Waals surface area contributed by atoms with Crippen LogP contribution in [0.3, 0.4) is 0 Å². The monoisotopic (exact) mass is 427 g/mol. The number of amides is 1. The van der Waals surface area contributed by atoms with E-state index < -0.39 is 10.0 Å². The smallest absolute Gasteiger partial charge is 0.243 e. The second-order valence-electron chi connectivity index (χ2n) is 7.97. The molecule has 1 amide bonds. The van der Waals surface area contributed by atoms with Crippen LogP contribution in [0.25, 0.3) is 0 Å². The third kappa shape index (κ3) is 5.47. The number of likely N-dealkylation sites (tertiary alicyclic amines) is 1. The molecule has 0 saturated carbocycles. The molecule has 0 bridgehead atoms. The zero-order valence-corrected chi connectivity index (χ0v) is 18.1. The summed E-state index contributed by atoms with van der Waals surface area (Å²) in [5.41, 5.74) is 0.355. The molecule has 3 rings (SSSR count). The zero-order valence-electron chi connectivity index (χ0n) is 16.5. The van der Waals surface area contributed by atoms with Gasteiger partial charge in [-0.2, -0.15) is 4.31 Å². The van der Waals surface area contributed by atoms with Crippen LogP contribution in [0.5, 0.6) is 0 Å². The molecule has 2 saturated heterocycles. The fourth-order valence-electron chi connectivity index (χ4n) is 3.80. The van der Waals surface area contributed by atoms with E-state index in [2.05, 4.69) is 17.1 Å². The van der Waals surface area contributed by atoms with Crippen molar-refractivity contribution in [2.24, 2.45) is 5.92 Å². The van der Waals surface area contributed by atoms with Crippen LogP contribution >= 0.6 is 11.6 Å². The van der Waals surface area contributed by atoms with E-state index >= 15 is 0 Å². The van der Waals surface area contributed by atoms with E-state index in [0.29, 0.717) is 36.3 Å². The Morgan fingerprint density at radius 3 is 2.39 bits per heavy atom. The van der Waals surface area contributed by atoms with Crippen LogP contribution in [0, 0.1) is 5.92 Å². The number of nitrogens with zero attached hydrogens (tertiary/aromatic N) is 2. The molecule has 2 heterocycles. The minimum Gasteiger partial charge on any atom is -0.324 e. The minimum atomic E-state index is -3.58. The highest BCUT2D eigenvalue weighted by molar-refractivity contribution is 7.89. The highest BCUT2D eigenvalue weighted by Crippen LogP contribution is 2.28. The summed E-state index contributed by atoms with van der Waals surface area (Å²) in [4.78, 5) is 14.8. The van der Waals surface area contributed by atoms with Gasteiger partial charge in [-0.3, -0.25) is 9.69 Å². The molecular formula is C20H30ClN3O3S. The van der Waals surface area contributed by atoms with Crippen molar-refractivity contribution in [1.82, 2.24) is 9.21 Å². The summed E-state index contributed by atoms with van der Waals surface area (Å²) in [5, 5.41) is 3.14. The Balaban J connectivity index is 1.69. The van der Waals surface area contributed by atoms with E-state index in [0.717, 1.165) is 51.6 Å². The minimum absolute atomic E-state index is 0.166. The molecule has 0 radical (unpaired) electrons. The fourth-order valence-corrected chi connectivity index (χ4v) is 5.51. The molecule has 2 aliphatic rings. The Kier molecular flexibility index (Phi) is 7.36. The lowest BCUT2D eigenvalue weighted by Crippen LogP contribution is -2.38. The maximum atomic E-state index is 13.0. The van der Waals surface area contributed by atoms with Crippen molar-refractivity contribution < 1.29 is 13.2 Å². The lowest BCUT2D eigenvalue weighted by molar-refractivity contribution is -0.117. The number of carbonyl (C=O) groups excluding carboxylic acids is 1. The Morgan fingerprint density at radius 2 is 1.75 bits per heavy atom. The van der Waals surface area contributed by atoms with Crippen LogP contribution in [-0.4, -0.2) is 56.3 Å². The predicted octanol–water partition coefficient (Wildman–Crippen LogP) is 3.58. The normalized spacial score (nSPS) is 20.6. The maximum Gasteiger partial charge on any atom is 0.243 e. The highest BCUT2D eigenvalue weighted by Gasteiger charge is 2.26. The number of carbonyl (C=O) groups is 1. The highest BCUT2D eigenvalue weighted by atomic mass is 35.5. The molecule has 2 fully saturated rings.